The third-order valence-electron chi connectivity index (χ3n) is 2.38. The highest BCUT2D eigenvalue weighted by atomic mass is 35.5. The lowest BCUT2D eigenvalue weighted by molar-refractivity contribution is -0.141. The molecule has 0 radical (unpaired) electrons. The summed E-state index contributed by atoms with van der Waals surface area (Å²) in [5.74, 6) is -3.02. The van der Waals surface area contributed by atoms with E-state index in [1.165, 1.54) is 0 Å². The van der Waals surface area contributed by atoms with Gasteiger partial charge in [0.15, 0.2) is 0 Å². The third kappa shape index (κ3) is 1.22. The maximum absolute atomic E-state index is 12.7. The van der Waals surface area contributed by atoms with Gasteiger partial charge in [0.2, 0.25) is 0 Å². The molecule has 0 aromatic heterocycles. The molecule has 0 aromatic rings. The number of alkyl halides is 5. The second-order valence-corrected chi connectivity index (χ2v) is 4.95. The van der Waals surface area contributed by atoms with Crippen molar-refractivity contribution in [2.75, 3.05) is 0 Å². The molecule has 1 aliphatic carbocycles. The highest BCUT2D eigenvalue weighted by molar-refractivity contribution is 6.54. The van der Waals surface area contributed by atoms with Crippen molar-refractivity contribution >= 4 is 40.8 Å². The van der Waals surface area contributed by atoms with Gasteiger partial charge in [0.25, 0.3) is 0 Å². The number of carboxylic acids is 1. The number of rotatable bonds is 2. The number of carbonyl (C=O) groups is 1. The lowest BCUT2D eigenvalue weighted by Gasteiger charge is -2.17. The quantitative estimate of drug-likeness (QED) is 0.768. The number of hydrogen-bond acceptors (Lipinski definition) is 1. The fraction of sp³-hybridized carbons (Fsp3) is 0.833. The van der Waals surface area contributed by atoms with Gasteiger partial charge in [0, 0.05) is 0 Å². The summed E-state index contributed by atoms with van der Waals surface area (Å²) in [6, 6.07) is 0. The van der Waals surface area contributed by atoms with Gasteiger partial charge in [-0.1, -0.05) is 23.2 Å². The molecule has 0 aromatic carbocycles. The van der Waals surface area contributed by atoms with Crippen LogP contribution in [0.3, 0.4) is 0 Å². The van der Waals surface area contributed by atoms with Gasteiger partial charge < -0.3 is 5.11 Å². The van der Waals surface area contributed by atoms with Crippen LogP contribution in [-0.2, 0) is 4.79 Å². The smallest absolute Gasteiger partial charge is 0.330 e. The standard InChI is InChI=1S/C6H5Cl3F2O2/c1-4(6(9,10)11)2(3(12)13)5(4,7)8/h2H,1H3,(H,12,13). The van der Waals surface area contributed by atoms with Gasteiger partial charge >= 0.3 is 11.4 Å². The second kappa shape index (κ2) is 2.61. The zero-order valence-electron chi connectivity index (χ0n) is 6.32. The molecule has 0 spiro atoms. The minimum absolute atomic E-state index is 0.943. The van der Waals surface area contributed by atoms with Crippen molar-refractivity contribution in [3.63, 3.8) is 0 Å². The van der Waals surface area contributed by atoms with Crippen LogP contribution in [0.2, 0.25) is 0 Å². The van der Waals surface area contributed by atoms with Gasteiger partial charge in [-0.05, 0) is 18.5 Å². The van der Waals surface area contributed by atoms with E-state index in [-0.39, 0.29) is 0 Å². The number of carboxylic acid groups (broad SMARTS) is 1. The van der Waals surface area contributed by atoms with Crippen molar-refractivity contribution in [1.29, 1.82) is 0 Å². The zero-order valence-corrected chi connectivity index (χ0v) is 8.59. The second-order valence-electron chi connectivity index (χ2n) is 3.09. The van der Waals surface area contributed by atoms with Crippen LogP contribution in [0.15, 0.2) is 0 Å². The van der Waals surface area contributed by atoms with E-state index in [4.69, 9.17) is 39.9 Å². The molecule has 76 valence electrons. The molecule has 2 nitrogen and oxygen atoms in total. The Morgan fingerprint density at radius 3 is 2.00 bits per heavy atom. The molecule has 1 rings (SSSR count). The van der Waals surface area contributed by atoms with E-state index in [0.717, 1.165) is 6.92 Å². The first-order valence-electron chi connectivity index (χ1n) is 3.24. The van der Waals surface area contributed by atoms with Gasteiger partial charge in [-0.25, -0.2) is 0 Å². The van der Waals surface area contributed by atoms with Crippen LogP contribution in [0.4, 0.5) is 8.78 Å². The van der Waals surface area contributed by atoms with Gasteiger partial charge in [-0.3, -0.25) is 4.79 Å². The topological polar surface area (TPSA) is 37.3 Å². The molecule has 0 bridgehead atoms. The van der Waals surface area contributed by atoms with Crippen LogP contribution < -0.4 is 0 Å². The van der Waals surface area contributed by atoms with E-state index in [2.05, 4.69) is 0 Å². The Kier molecular flexibility index (Phi) is 2.27. The van der Waals surface area contributed by atoms with Crippen LogP contribution in [0.25, 0.3) is 0 Å². The van der Waals surface area contributed by atoms with Crippen LogP contribution in [0.5, 0.6) is 0 Å². The normalized spacial score (nSPS) is 37.2. The van der Waals surface area contributed by atoms with E-state index in [1.54, 1.807) is 0 Å². The fourth-order valence-corrected chi connectivity index (χ4v) is 2.61. The zero-order chi connectivity index (χ0) is 10.7. The molecule has 0 aliphatic heterocycles. The molecule has 1 N–H and O–H groups in total. The molecule has 2 unspecified atom stereocenters. The molecule has 1 aliphatic rings. The predicted molar refractivity (Wildman–Crippen MR) is 44.5 cm³/mol. The van der Waals surface area contributed by atoms with Crippen LogP contribution in [0, 0.1) is 11.3 Å². The molecule has 1 fully saturated rings. The predicted octanol–water partition coefficient (Wildman–Crippen LogP) is 2.71. The highest BCUT2D eigenvalue weighted by Crippen LogP contribution is 2.75. The van der Waals surface area contributed by atoms with Gasteiger partial charge in [-0.2, -0.15) is 8.78 Å². The minimum Gasteiger partial charge on any atom is -0.481 e. The largest absolute Gasteiger partial charge is 0.481 e. The Labute approximate surface area is 87.8 Å². The average Bonchev–Trinajstić information content (AvgIpc) is 2.26. The molecule has 7 heteroatoms. The van der Waals surface area contributed by atoms with Crippen molar-refractivity contribution in [2.45, 2.75) is 16.6 Å². The lowest BCUT2D eigenvalue weighted by Crippen LogP contribution is -2.26. The molecule has 0 saturated heterocycles. The van der Waals surface area contributed by atoms with Crippen LogP contribution in [-0.4, -0.2) is 20.8 Å². The Balaban J connectivity index is 3.04. The maximum Gasteiger partial charge on any atom is 0.330 e. The van der Waals surface area contributed by atoms with Crippen molar-refractivity contribution in [2.24, 2.45) is 11.3 Å². The van der Waals surface area contributed by atoms with Crippen molar-refractivity contribution in [3.05, 3.63) is 0 Å². The number of halogens is 5. The molecule has 13 heavy (non-hydrogen) atoms. The van der Waals surface area contributed by atoms with E-state index in [9.17, 15) is 13.6 Å². The van der Waals surface area contributed by atoms with Gasteiger partial charge in [0.1, 0.15) is 10.3 Å². The highest BCUT2D eigenvalue weighted by Gasteiger charge is 2.86. The van der Waals surface area contributed by atoms with Crippen LogP contribution in [0.1, 0.15) is 6.92 Å². The Hall–Kier alpha value is 0.200. The van der Waals surface area contributed by atoms with Crippen molar-refractivity contribution in [3.8, 4) is 0 Å². The summed E-state index contributed by atoms with van der Waals surface area (Å²) in [5.41, 5.74) is -2.11. The molecule has 0 heterocycles. The fourth-order valence-electron chi connectivity index (χ4n) is 1.29. The SMILES string of the molecule is CC1(C(F)(F)Cl)C(C(=O)O)C1(Cl)Cl. The summed E-state index contributed by atoms with van der Waals surface area (Å²) in [4.78, 5) is 10.5. The lowest BCUT2D eigenvalue weighted by atomic mass is 10.1. The molecular formula is C6H5Cl3F2O2. The minimum atomic E-state index is -3.74. The van der Waals surface area contributed by atoms with Gasteiger partial charge in [0.05, 0.1) is 5.41 Å². The summed E-state index contributed by atoms with van der Waals surface area (Å²) in [6.45, 7) is 0.943. The Morgan fingerprint density at radius 2 is 1.92 bits per heavy atom. The van der Waals surface area contributed by atoms with E-state index in [0.29, 0.717) is 0 Å². The first-order chi connectivity index (χ1) is 5.57. The van der Waals surface area contributed by atoms with E-state index in [1.807, 2.05) is 0 Å². The summed E-state index contributed by atoms with van der Waals surface area (Å²) in [6.07, 6.45) is 0. The third-order valence-corrected chi connectivity index (χ3v) is 4.00. The monoisotopic (exact) mass is 252 g/mol. The van der Waals surface area contributed by atoms with E-state index >= 15 is 0 Å². The summed E-state index contributed by atoms with van der Waals surface area (Å²) in [5, 5.41) is 4.79. The van der Waals surface area contributed by atoms with E-state index < -0.39 is 27.0 Å². The summed E-state index contributed by atoms with van der Waals surface area (Å²) >= 11 is 15.6. The summed E-state index contributed by atoms with van der Waals surface area (Å²) in [7, 11) is 0. The van der Waals surface area contributed by atoms with Crippen LogP contribution >= 0.6 is 34.8 Å². The molecule has 0 amide bonds. The van der Waals surface area contributed by atoms with Gasteiger partial charge in [-0.15, -0.1) is 0 Å². The molecule has 2 atom stereocenters. The first-order valence-corrected chi connectivity index (χ1v) is 4.37. The average molecular weight is 253 g/mol. The molecular weight excluding hydrogens is 248 g/mol. The number of hydrogen-bond donors (Lipinski definition) is 1. The maximum atomic E-state index is 12.7. The number of aliphatic carboxylic acids is 1. The van der Waals surface area contributed by atoms with Crippen molar-refractivity contribution in [1.82, 2.24) is 0 Å². The Morgan fingerprint density at radius 1 is 1.54 bits per heavy atom. The summed E-state index contributed by atoms with van der Waals surface area (Å²) < 4.78 is 23.5. The Bertz CT molecular complexity index is 263. The van der Waals surface area contributed by atoms with Crippen molar-refractivity contribution < 1.29 is 18.7 Å². The molecule has 1 saturated carbocycles. The first kappa shape index (κ1) is 11.3.